The number of carbonyl (C=O) groups excluding carboxylic acids is 2. The third-order valence-electron chi connectivity index (χ3n) is 6.28. The van der Waals surface area contributed by atoms with Gasteiger partial charge in [-0.3, -0.25) is 9.59 Å². The molecule has 0 heterocycles. The van der Waals surface area contributed by atoms with Crippen LogP contribution in [0.2, 0.25) is 10.0 Å². The number of hydrogen-bond donors (Lipinski definition) is 1. The van der Waals surface area contributed by atoms with Gasteiger partial charge in [0.2, 0.25) is 5.91 Å². The molecule has 1 atom stereocenters. The molecule has 4 rings (SSSR count). The molecule has 7 heteroatoms. The fourth-order valence-corrected chi connectivity index (χ4v) is 4.77. The molecule has 0 unspecified atom stereocenters. The van der Waals surface area contributed by atoms with Crippen molar-refractivity contribution in [2.24, 2.45) is 0 Å². The molecule has 0 fully saturated rings. The lowest BCUT2D eigenvalue weighted by atomic mass is 10.0. The number of rotatable bonds is 11. The van der Waals surface area contributed by atoms with Gasteiger partial charge in [0.25, 0.3) is 5.91 Å². The minimum atomic E-state index is -0.765. The van der Waals surface area contributed by atoms with Crippen LogP contribution in [0.25, 0.3) is 10.8 Å². The van der Waals surface area contributed by atoms with Crippen molar-refractivity contribution >= 4 is 45.8 Å². The summed E-state index contributed by atoms with van der Waals surface area (Å²) < 4.78 is 6.03. The van der Waals surface area contributed by atoms with Crippen LogP contribution in [0, 0.1) is 0 Å². The number of amides is 2. The quantitative estimate of drug-likeness (QED) is 0.227. The zero-order valence-electron chi connectivity index (χ0n) is 21.2. The van der Waals surface area contributed by atoms with Crippen molar-refractivity contribution < 1.29 is 14.3 Å². The highest BCUT2D eigenvalue weighted by Crippen LogP contribution is 2.27. The molecule has 0 aliphatic rings. The highest BCUT2D eigenvalue weighted by atomic mass is 35.5. The smallest absolute Gasteiger partial charge is 0.261 e. The summed E-state index contributed by atoms with van der Waals surface area (Å²) in [5.41, 5.74) is 1.63. The Kier molecular flexibility index (Phi) is 9.63. The first-order valence-corrected chi connectivity index (χ1v) is 13.4. The van der Waals surface area contributed by atoms with Gasteiger partial charge >= 0.3 is 0 Å². The SMILES string of the molecule is CCCNC(=O)[C@@H](Cc1ccccc1)N(Cc1ccc(Cl)cc1Cl)C(=O)COc1cccc2ccccc12. The Morgan fingerprint density at radius 2 is 1.66 bits per heavy atom. The summed E-state index contributed by atoms with van der Waals surface area (Å²) in [6.07, 6.45) is 1.13. The van der Waals surface area contributed by atoms with Gasteiger partial charge in [-0.2, -0.15) is 0 Å². The average molecular weight is 549 g/mol. The van der Waals surface area contributed by atoms with Gasteiger partial charge < -0.3 is 15.0 Å². The number of hydrogen-bond acceptors (Lipinski definition) is 3. The predicted octanol–water partition coefficient (Wildman–Crippen LogP) is 6.69. The van der Waals surface area contributed by atoms with Crippen LogP contribution in [-0.2, 0) is 22.6 Å². The standard InChI is InChI=1S/C31H30Cl2N2O3/c1-2-17-34-31(37)28(18-22-9-4-3-5-10-22)35(20-24-15-16-25(32)19-27(24)33)30(36)21-38-29-14-8-12-23-11-6-7-13-26(23)29/h3-16,19,28H,2,17-18,20-21H2,1H3,(H,34,37)/t28-/m1/s1. The van der Waals surface area contributed by atoms with E-state index >= 15 is 0 Å². The van der Waals surface area contributed by atoms with Crippen molar-refractivity contribution in [3.63, 3.8) is 0 Å². The van der Waals surface area contributed by atoms with Crippen LogP contribution >= 0.6 is 23.2 Å². The zero-order valence-corrected chi connectivity index (χ0v) is 22.7. The maximum atomic E-state index is 13.8. The molecular weight excluding hydrogens is 519 g/mol. The van der Waals surface area contributed by atoms with Gasteiger partial charge in [0.1, 0.15) is 11.8 Å². The van der Waals surface area contributed by atoms with Crippen LogP contribution < -0.4 is 10.1 Å². The van der Waals surface area contributed by atoms with Crippen LogP contribution in [0.4, 0.5) is 0 Å². The van der Waals surface area contributed by atoms with Crippen molar-refractivity contribution in [3.8, 4) is 5.75 Å². The molecule has 5 nitrogen and oxygen atoms in total. The molecule has 0 aliphatic heterocycles. The van der Waals surface area contributed by atoms with Crippen molar-refractivity contribution in [1.82, 2.24) is 10.2 Å². The largest absolute Gasteiger partial charge is 0.483 e. The lowest BCUT2D eigenvalue weighted by molar-refractivity contribution is -0.142. The molecule has 0 radical (unpaired) electrons. The molecule has 2 amide bonds. The van der Waals surface area contributed by atoms with Gasteiger partial charge in [-0.25, -0.2) is 0 Å². The van der Waals surface area contributed by atoms with E-state index in [1.54, 1.807) is 23.1 Å². The molecule has 4 aromatic carbocycles. The predicted molar refractivity (Wildman–Crippen MR) is 154 cm³/mol. The Labute approximate surface area is 233 Å². The summed E-state index contributed by atoms with van der Waals surface area (Å²) in [6.45, 7) is 2.40. The van der Waals surface area contributed by atoms with Crippen LogP contribution in [-0.4, -0.2) is 35.9 Å². The van der Waals surface area contributed by atoms with Crippen molar-refractivity contribution in [1.29, 1.82) is 0 Å². The summed E-state index contributed by atoms with van der Waals surface area (Å²) in [5, 5.41) is 5.82. The first-order chi connectivity index (χ1) is 18.5. The molecule has 4 aromatic rings. The molecule has 0 aliphatic carbocycles. The number of nitrogens with zero attached hydrogens (tertiary/aromatic N) is 1. The Bertz CT molecular complexity index is 1390. The maximum absolute atomic E-state index is 13.8. The van der Waals surface area contributed by atoms with Crippen molar-refractivity contribution in [2.75, 3.05) is 13.2 Å². The number of benzene rings is 4. The molecule has 0 saturated heterocycles. The number of fused-ring (bicyclic) bond motifs is 1. The van der Waals surface area contributed by atoms with Crippen LogP contribution in [0.1, 0.15) is 24.5 Å². The number of ether oxygens (including phenoxy) is 1. The topological polar surface area (TPSA) is 58.6 Å². The molecular formula is C31H30Cl2N2O3. The van der Waals surface area contributed by atoms with Gasteiger partial charge in [0.15, 0.2) is 6.61 Å². The monoisotopic (exact) mass is 548 g/mol. The first kappa shape index (κ1) is 27.5. The Hall–Kier alpha value is -3.54. The molecule has 0 aromatic heterocycles. The maximum Gasteiger partial charge on any atom is 0.261 e. The third-order valence-corrected chi connectivity index (χ3v) is 6.86. The Balaban J connectivity index is 1.65. The summed E-state index contributed by atoms with van der Waals surface area (Å²) in [4.78, 5) is 28.8. The fraction of sp³-hybridized carbons (Fsp3) is 0.226. The van der Waals surface area contributed by atoms with E-state index in [0.29, 0.717) is 34.3 Å². The van der Waals surface area contributed by atoms with Crippen molar-refractivity contribution in [3.05, 3.63) is 112 Å². The van der Waals surface area contributed by atoms with Crippen LogP contribution in [0.15, 0.2) is 91.0 Å². The fourth-order valence-electron chi connectivity index (χ4n) is 4.30. The van der Waals surface area contributed by atoms with Gasteiger partial charge in [-0.1, -0.05) is 103 Å². The van der Waals surface area contributed by atoms with E-state index in [0.717, 1.165) is 22.8 Å². The molecule has 0 bridgehead atoms. The summed E-state index contributed by atoms with van der Waals surface area (Å²) in [5.74, 6) is 0.0619. The van der Waals surface area contributed by atoms with E-state index in [4.69, 9.17) is 27.9 Å². The lowest BCUT2D eigenvalue weighted by Gasteiger charge is -2.31. The minimum Gasteiger partial charge on any atom is -0.483 e. The number of nitrogens with one attached hydrogen (secondary N) is 1. The second-order valence-electron chi connectivity index (χ2n) is 9.02. The summed E-state index contributed by atoms with van der Waals surface area (Å²) in [7, 11) is 0. The van der Waals surface area contributed by atoms with Crippen LogP contribution in [0.5, 0.6) is 5.75 Å². The average Bonchev–Trinajstić information content (AvgIpc) is 2.93. The minimum absolute atomic E-state index is 0.130. The first-order valence-electron chi connectivity index (χ1n) is 12.6. The second kappa shape index (κ2) is 13.3. The van der Waals surface area contributed by atoms with Gasteiger partial charge in [0.05, 0.1) is 0 Å². The second-order valence-corrected chi connectivity index (χ2v) is 9.86. The number of carbonyl (C=O) groups is 2. The zero-order chi connectivity index (χ0) is 26.9. The van der Waals surface area contributed by atoms with Gasteiger partial charge in [-0.15, -0.1) is 0 Å². The van der Waals surface area contributed by atoms with E-state index in [1.807, 2.05) is 79.7 Å². The van der Waals surface area contributed by atoms with Gasteiger partial charge in [-0.05, 0) is 41.1 Å². The summed E-state index contributed by atoms with van der Waals surface area (Å²) in [6, 6.07) is 27.6. The highest BCUT2D eigenvalue weighted by molar-refractivity contribution is 6.35. The van der Waals surface area contributed by atoms with E-state index in [1.165, 1.54) is 0 Å². The van der Waals surface area contributed by atoms with Gasteiger partial charge in [0, 0.05) is 34.9 Å². The molecule has 38 heavy (non-hydrogen) atoms. The molecule has 0 saturated carbocycles. The molecule has 196 valence electrons. The van der Waals surface area contributed by atoms with Crippen molar-refractivity contribution in [2.45, 2.75) is 32.4 Å². The Morgan fingerprint density at radius 3 is 2.42 bits per heavy atom. The van der Waals surface area contributed by atoms with E-state index in [-0.39, 0.29) is 25.0 Å². The lowest BCUT2D eigenvalue weighted by Crippen LogP contribution is -2.51. The van der Waals surface area contributed by atoms with E-state index in [9.17, 15) is 9.59 Å². The Morgan fingerprint density at radius 1 is 0.921 bits per heavy atom. The molecule has 1 N–H and O–H groups in total. The third kappa shape index (κ3) is 7.06. The van der Waals surface area contributed by atoms with Crippen LogP contribution in [0.3, 0.4) is 0 Å². The molecule has 0 spiro atoms. The van der Waals surface area contributed by atoms with E-state index < -0.39 is 6.04 Å². The van der Waals surface area contributed by atoms with E-state index in [2.05, 4.69) is 5.32 Å². The normalized spacial score (nSPS) is 11.7. The number of halogens is 2. The summed E-state index contributed by atoms with van der Waals surface area (Å²) >= 11 is 12.6. The highest BCUT2D eigenvalue weighted by Gasteiger charge is 2.31.